The van der Waals surface area contributed by atoms with E-state index in [1.165, 1.54) is 45.6 Å². The first-order chi connectivity index (χ1) is 20.0. The Morgan fingerprint density at radius 3 is 2.16 bits per heavy atom. The lowest BCUT2D eigenvalue weighted by atomic mass is 9.89. The number of likely N-dealkylation sites (tertiary alicyclic amines) is 1. The Bertz CT molecular complexity index is 1520. The number of benzene rings is 2. The van der Waals surface area contributed by atoms with Crippen molar-refractivity contribution in [2.75, 3.05) is 26.2 Å². The third-order valence-electron chi connectivity index (χ3n) is 7.78. The van der Waals surface area contributed by atoms with Crippen LogP contribution < -0.4 is 4.72 Å². The summed E-state index contributed by atoms with van der Waals surface area (Å²) in [5, 5.41) is 0.733. The van der Waals surface area contributed by atoms with Crippen LogP contribution in [0.1, 0.15) is 48.3 Å². The Morgan fingerprint density at radius 2 is 1.60 bits per heavy atom. The summed E-state index contributed by atoms with van der Waals surface area (Å²) in [6.07, 6.45) is -4.64. The Labute approximate surface area is 247 Å². The molecule has 2 aromatic rings. The number of hydrogen-bond acceptors (Lipinski definition) is 5. The lowest BCUT2D eigenvalue weighted by Crippen LogP contribution is -2.45. The largest absolute Gasteiger partial charge is 0.416 e. The number of alkyl halides is 5. The van der Waals surface area contributed by atoms with E-state index in [1.54, 1.807) is 0 Å². The smallest absolute Gasteiger partial charge is 0.342 e. The average molecular weight is 650 g/mol. The van der Waals surface area contributed by atoms with Crippen LogP contribution in [0.3, 0.4) is 0 Å². The maximum atomic E-state index is 13.8. The summed E-state index contributed by atoms with van der Waals surface area (Å²) in [7, 11) is -7.80. The molecule has 4 rings (SSSR count). The van der Waals surface area contributed by atoms with E-state index < -0.39 is 68.4 Å². The fraction of sp³-hybridized carbons (Fsp3) is 0.464. The van der Waals surface area contributed by atoms with Crippen LogP contribution in [0.2, 0.25) is 0 Å². The van der Waals surface area contributed by atoms with Crippen LogP contribution in [-0.2, 0) is 37.4 Å². The summed E-state index contributed by atoms with van der Waals surface area (Å²) in [6, 6.07) is 9.17. The topological polar surface area (TPSA) is 104 Å². The van der Waals surface area contributed by atoms with Crippen LogP contribution in [0.4, 0.5) is 22.0 Å². The first-order valence-corrected chi connectivity index (χ1v) is 16.6. The van der Waals surface area contributed by atoms with Gasteiger partial charge in [0.25, 0.3) is 5.92 Å². The molecule has 2 saturated heterocycles. The monoisotopic (exact) mass is 649 g/mol. The molecular formula is C28H32F5N3O5S2. The van der Waals surface area contributed by atoms with Gasteiger partial charge in [0.1, 0.15) is 0 Å². The van der Waals surface area contributed by atoms with Gasteiger partial charge in [0.2, 0.25) is 26.0 Å². The van der Waals surface area contributed by atoms with Crippen molar-refractivity contribution in [1.82, 2.24) is 13.9 Å². The number of carbonyl (C=O) groups is 1. The molecule has 2 atom stereocenters. The van der Waals surface area contributed by atoms with Crippen LogP contribution in [-0.4, -0.2) is 70.1 Å². The molecule has 1 amide bonds. The predicted octanol–water partition coefficient (Wildman–Crippen LogP) is 4.51. The third-order valence-corrected chi connectivity index (χ3v) is 10.8. The molecule has 1 unspecified atom stereocenters. The van der Waals surface area contributed by atoms with Crippen LogP contribution >= 0.6 is 0 Å². The minimum Gasteiger partial charge on any atom is -0.342 e. The van der Waals surface area contributed by atoms with Crippen LogP contribution in [0.5, 0.6) is 0 Å². The number of piperidine rings is 1. The summed E-state index contributed by atoms with van der Waals surface area (Å²) in [5.74, 6) is -4.35. The molecular weight excluding hydrogens is 617 g/mol. The molecule has 0 radical (unpaired) electrons. The van der Waals surface area contributed by atoms with Gasteiger partial charge in [-0.2, -0.15) is 17.5 Å². The molecule has 2 aliphatic heterocycles. The third kappa shape index (κ3) is 7.99. The quantitative estimate of drug-likeness (QED) is 0.382. The second-order valence-corrected chi connectivity index (χ2v) is 14.3. The fourth-order valence-corrected chi connectivity index (χ4v) is 7.53. The molecule has 0 aromatic heterocycles. The van der Waals surface area contributed by atoms with Gasteiger partial charge in [-0.05, 0) is 54.7 Å². The summed E-state index contributed by atoms with van der Waals surface area (Å²) >= 11 is 0. The van der Waals surface area contributed by atoms with Gasteiger partial charge in [-0.1, -0.05) is 30.8 Å². The first-order valence-electron chi connectivity index (χ1n) is 13.6. The zero-order valence-corrected chi connectivity index (χ0v) is 24.7. The second kappa shape index (κ2) is 12.6. The SMILES string of the molecule is C=CS(=O)(=O)NC[C@H]1CCCN1S(=O)(=O)c1ccc(C(Cc2ccc(C(F)(F)F)cc2)C(=O)N2CCC(F)(F)CC2)cc1. The Balaban J connectivity index is 1.58. The van der Waals surface area contributed by atoms with Gasteiger partial charge >= 0.3 is 6.18 Å². The van der Waals surface area contributed by atoms with E-state index in [0.29, 0.717) is 24.0 Å². The highest BCUT2D eigenvalue weighted by molar-refractivity contribution is 7.92. The summed E-state index contributed by atoms with van der Waals surface area (Å²) in [5.41, 5.74) is -0.0744. The Morgan fingerprint density at radius 1 is 1.00 bits per heavy atom. The lowest BCUT2D eigenvalue weighted by molar-refractivity contribution is -0.139. The summed E-state index contributed by atoms with van der Waals surface area (Å²) in [4.78, 5) is 14.8. The molecule has 0 spiro atoms. The number of amides is 1. The molecule has 0 bridgehead atoms. The highest BCUT2D eigenvalue weighted by Crippen LogP contribution is 2.34. The molecule has 2 aliphatic rings. The highest BCUT2D eigenvalue weighted by atomic mass is 32.2. The van der Waals surface area contributed by atoms with Gasteiger partial charge in [0, 0.05) is 50.5 Å². The van der Waals surface area contributed by atoms with Crippen molar-refractivity contribution in [3.8, 4) is 0 Å². The van der Waals surface area contributed by atoms with Crippen molar-refractivity contribution in [1.29, 1.82) is 0 Å². The molecule has 236 valence electrons. The number of sulfonamides is 2. The van der Waals surface area contributed by atoms with E-state index in [1.807, 2.05) is 0 Å². The molecule has 1 N–H and O–H groups in total. The maximum Gasteiger partial charge on any atom is 0.416 e. The van der Waals surface area contributed by atoms with Crippen LogP contribution in [0, 0.1) is 0 Å². The standard InChI is InChI=1S/C28H32F5N3O5S2/c1-2-42(38,39)34-19-23-4-3-15-36(23)43(40,41)24-11-7-21(8-12-24)25(26(37)35-16-13-27(29,30)14-17-35)18-20-5-9-22(10-6-20)28(31,32)33/h2,5-12,23,25,34H,1,3-4,13-19H2/t23-,25?/m1/s1. The lowest BCUT2D eigenvalue weighted by Gasteiger charge is -2.34. The number of carbonyl (C=O) groups excluding carboxylic acids is 1. The van der Waals surface area contributed by atoms with Crippen LogP contribution in [0.25, 0.3) is 0 Å². The van der Waals surface area contributed by atoms with Gasteiger partial charge < -0.3 is 4.90 Å². The number of nitrogens with one attached hydrogen (secondary N) is 1. The number of hydrogen-bond donors (Lipinski definition) is 1. The minimum absolute atomic E-state index is 0.0341. The van der Waals surface area contributed by atoms with Crippen molar-refractivity contribution in [3.63, 3.8) is 0 Å². The summed E-state index contributed by atoms with van der Waals surface area (Å²) in [6.45, 7) is 2.89. The first kappa shape index (κ1) is 33.0. The minimum atomic E-state index is -4.54. The Hall–Kier alpha value is -2.88. The van der Waals surface area contributed by atoms with E-state index in [-0.39, 0.29) is 37.5 Å². The van der Waals surface area contributed by atoms with E-state index in [9.17, 15) is 43.6 Å². The zero-order valence-electron chi connectivity index (χ0n) is 23.1. The average Bonchev–Trinajstić information content (AvgIpc) is 3.44. The molecule has 2 fully saturated rings. The van der Waals surface area contributed by atoms with Crippen molar-refractivity contribution in [3.05, 3.63) is 77.2 Å². The Kier molecular flexibility index (Phi) is 9.69. The number of nitrogens with zero attached hydrogens (tertiary/aromatic N) is 2. The predicted molar refractivity (Wildman–Crippen MR) is 149 cm³/mol. The normalized spacial score (nSPS) is 20.6. The van der Waals surface area contributed by atoms with Gasteiger partial charge in [0.15, 0.2) is 0 Å². The number of halogens is 5. The van der Waals surface area contributed by atoms with E-state index in [0.717, 1.165) is 17.5 Å². The molecule has 15 heteroatoms. The summed E-state index contributed by atoms with van der Waals surface area (Å²) < 4.78 is 121. The van der Waals surface area contributed by atoms with Gasteiger partial charge in [-0.25, -0.2) is 30.3 Å². The molecule has 43 heavy (non-hydrogen) atoms. The maximum absolute atomic E-state index is 13.8. The zero-order chi connectivity index (χ0) is 31.6. The molecule has 8 nitrogen and oxygen atoms in total. The van der Waals surface area contributed by atoms with Crippen molar-refractivity contribution >= 4 is 26.0 Å². The van der Waals surface area contributed by atoms with Crippen molar-refractivity contribution in [2.45, 2.75) is 61.1 Å². The second-order valence-electron chi connectivity index (χ2n) is 10.7. The van der Waals surface area contributed by atoms with Crippen LogP contribution in [0.15, 0.2) is 65.4 Å². The van der Waals surface area contributed by atoms with E-state index in [4.69, 9.17) is 0 Å². The highest BCUT2D eigenvalue weighted by Gasteiger charge is 2.39. The van der Waals surface area contributed by atoms with E-state index in [2.05, 4.69) is 11.3 Å². The van der Waals surface area contributed by atoms with Gasteiger partial charge in [-0.15, -0.1) is 0 Å². The molecule has 2 aromatic carbocycles. The molecule has 2 heterocycles. The number of rotatable bonds is 10. The van der Waals surface area contributed by atoms with Gasteiger partial charge in [0.05, 0.1) is 16.4 Å². The molecule has 0 saturated carbocycles. The van der Waals surface area contributed by atoms with Gasteiger partial charge in [-0.3, -0.25) is 4.79 Å². The van der Waals surface area contributed by atoms with Crippen molar-refractivity contribution < 1.29 is 43.6 Å². The molecule has 0 aliphatic carbocycles. The van der Waals surface area contributed by atoms with E-state index >= 15 is 0 Å². The fourth-order valence-electron chi connectivity index (χ4n) is 5.30. The van der Waals surface area contributed by atoms with Crippen molar-refractivity contribution in [2.24, 2.45) is 0 Å².